The van der Waals surface area contributed by atoms with Crippen LogP contribution in [0.4, 0.5) is 0 Å². The van der Waals surface area contributed by atoms with Crippen molar-refractivity contribution in [3.8, 4) is 0 Å². The monoisotopic (exact) mass is 275 g/mol. The maximum absolute atomic E-state index is 12.6. The van der Waals surface area contributed by atoms with Crippen molar-refractivity contribution in [3.63, 3.8) is 0 Å². The van der Waals surface area contributed by atoms with Gasteiger partial charge in [-0.1, -0.05) is 33.3 Å². The van der Waals surface area contributed by atoms with Gasteiger partial charge in [0.15, 0.2) is 0 Å². The molecule has 1 unspecified atom stereocenters. The Kier molecular flexibility index (Phi) is 4.76. The van der Waals surface area contributed by atoms with E-state index in [9.17, 15) is 4.79 Å². The van der Waals surface area contributed by atoms with E-state index < -0.39 is 0 Å². The van der Waals surface area contributed by atoms with Gasteiger partial charge < -0.3 is 10.2 Å². The van der Waals surface area contributed by atoms with Crippen LogP contribution in [-0.2, 0) is 4.79 Å². The fraction of sp³-hybridized carbons (Fsp3) is 0.625. The van der Waals surface area contributed by atoms with E-state index in [1.165, 1.54) is 0 Å². The molecule has 4 heteroatoms. The third kappa shape index (κ3) is 3.57. The number of hydrogen-bond donors (Lipinski definition) is 1. The van der Waals surface area contributed by atoms with E-state index >= 15 is 0 Å². The van der Waals surface area contributed by atoms with Gasteiger partial charge in [-0.25, -0.2) is 0 Å². The van der Waals surface area contributed by atoms with E-state index in [0.717, 1.165) is 31.6 Å². The number of nitrogens with zero attached hydrogens (tertiary/aromatic N) is 2. The van der Waals surface area contributed by atoms with Crippen LogP contribution < -0.4 is 5.32 Å². The largest absolute Gasteiger partial charge is 0.333 e. The highest BCUT2D eigenvalue weighted by molar-refractivity contribution is 5.77. The Morgan fingerprint density at radius 1 is 1.55 bits per heavy atom. The third-order valence-electron chi connectivity index (χ3n) is 4.22. The number of carbonyl (C=O) groups is 1. The Labute approximate surface area is 121 Å². The molecule has 20 heavy (non-hydrogen) atoms. The molecule has 0 aliphatic carbocycles. The van der Waals surface area contributed by atoms with Crippen LogP contribution in [0.15, 0.2) is 24.5 Å². The first-order valence-corrected chi connectivity index (χ1v) is 7.43. The van der Waals surface area contributed by atoms with Crippen LogP contribution in [0.2, 0.25) is 0 Å². The summed E-state index contributed by atoms with van der Waals surface area (Å²) in [7, 11) is 0. The molecule has 1 atom stereocenters. The highest BCUT2D eigenvalue weighted by Gasteiger charge is 2.30. The second kappa shape index (κ2) is 6.35. The molecule has 1 aliphatic rings. The van der Waals surface area contributed by atoms with Crippen molar-refractivity contribution >= 4 is 5.91 Å². The zero-order chi connectivity index (χ0) is 14.6. The zero-order valence-corrected chi connectivity index (χ0v) is 12.7. The quantitative estimate of drug-likeness (QED) is 0.917. The lowest BCUT2D eigenvalue weighted by Crippen LogP contribution is -2.49. The third-order valence-corrected chi connectivity index (χ3v) is 4.22. The van der Waals surface area contributed by atoms with E-state index in [2.05, 4.69) is 37.1 Å². The maximum Gasteiger partial charge on any atom is 0.223 e. The van der Waals surface area contributed by atoms with Gasteiger partial charge in [0.05, 0.1) is 6.04 Å². The summed E-state index contributed by atoms with van der Waals surface area (Å²) in [6, 6.07) is 4.09. The molecular weight excluding hydrogens is 250 g/mol. The topological polar surface area (TPSA) is 45.2 Å². The van der Waals surface area contributed by atoms with E-state index in [1.807, 2.05) is 17.2 Å². The molecule has 1 aromatic heterocycles. The fourth-order valence-electron chi connectivity index (χ4n) is 2.51. The van der Waals surface area contributed by atoms with Crippen LogP contribution in [0.5, 0.6) is 0 Å². The fourth-order valence-corrected chi connectivity index (χ4v) is 2.51. The molecule has 0 spiro atoms. The van der Waals surface area contributed by atoms with Gasteiger partial charge in [-0.05, 0) is 17.0 Å². The summed E-state index contributed by atoms with van der Waals surface area (Å²) in [5.41, 5.74) is 1.18. The van der Waals surface area contributed by atoms with Crippen molar-refractivity contribution in [3.05, 3.63) is 30.1 Å². The summed E-state index contributed by atoms with van der Waals surface area (Å²) in [5, 5.41) is 3.37. The highest BCUT2D eigenvalue weighted by Crippen LogP contribution is 2.29. The first-order chi connectivity index (χ1) is 9.53. The molecule has 0 saturated carbocycles. The van der Waals surface area contributed by atoms with Crippen molar-refractivity contribution in [2.24, 2.45) is 5.41 Å². The Balaban J connectivity index is 2.13. The first kappa shape index (κ1) is 15.0. The van der Waals surface area contributed by atoms with Crippen molar-refractivity contribution < 1.29 is 4.79 Å². The summed E-state index contributed by atoms with van der Waals surface area (Å²) in [5.74, 6) is 0.257. The van der Waals surface area contributed by atoms with Gasteiger partial charge >= 0.3 is 0 Å². The normalized spacial score (nSPS) is 19.9. The lowest BCUT2D eigenvalue weighted by molar-refractivity contribution is -0.136. The van der Waals surface area contributed by atoms with Gasteiger partial charge in [-0.3, -0.25) is 9.78 Å². The summed E-state index contributed by atoms with van der Waals surface area (Å²) >= 11 is 0. The van der Waals surface area contributed by atoms with Gasteiger partial charge in [0, 0.05) is 38.4 Å². The number of amides is 1. The number of hydrogen-bond acceptors (Lipinski definition) is 3. The smallest absolute Gasteiger partial charge is 0.223 e. The zero-order valence-electron chi connectivity index (χ0n) is 12.7. The van der Waals surface area contributed by atoms with E-state index in [-0.39, 0.29) is 17.4 Å². The Morgan fingerprint density at radius 2 is 2.35 bits per heavy atom. The van der Waals surface area contributed by atoms with Crippen LogP contribution in [-0.4, -0.2) is 35.4 Å². The van der Waals surface area contributed by atoms with E-state index in [0.29, 0.717) is 6.42 Å². The lowest BCUT2D eigenvalue weighted by Gasteiger charge is -2.38. The second-order valence-electron chi connectivity index (χ2n) is 6.29. The molecule has 0 aromatic carbocycles. The molecule has 0 bridgehead atoms. The Hall–Kier alpha value is -1.42. The average Bonchev–Trinajstić information content (AvgIpc) is 2.48. The van der Waals surface area contributed by atoms with Gasteiger partial charge in [0.2, 0.25) is 5.91 Å². The molecule has 1 aromatic rings. The van der Waals surface area contributed by atoms with Gasteiger partial charge in [0.25, 0.3) is 0 Å². The minimum atomic E-state index is 0.0709. The van der Waals surface area contributed by atoms with Crippen molar-refractivity contribution in [2.45, 2.75) is 39.7 Å². The van der Waals surface area contributed by atoms with Crippen LogP contribution >= 0.6 is 0 Å². The molecule has 1 saturated heterocycles. The summed E-state index contributed by atoms with van der Waals surface area (Å²) in [4.78, 5) is 18.8. The standard InChI is InChI=1S/C16H25N3O/c1-4-16(2,3)10-15(20)19-9-8-18-12-14(19)13-6-5-7-17-11-13/h5-7,11,14,18H,4,8-10,12H2,1-3H3. The maximum atomic E-state index is 12.6. The molecule has 2 rings (SSSR count). The summed E-state index contributed by atoms with van der Waals surface area (Å²) in [6.07, 6.45) is 5.26. The number of rotatable bonds is 4. The SMILES string of the molecule is CCC(C)(C)CC(=O)N1CCNCC1c1cccnc1. The molecule has 1 aliphatic heterocycles. The van der Waals surface area contributed by atoms with Crippen LogP contribution in [0.25, 0.3) is 0 Å². The second-order valence-corrected chi connectivity index (χ2v) is 6.29. The van der Waals surface area contributed by atoms with Gasteiger partial charge in [-0.2, -0.15) is 0 Å². The minimum absolute atomic E-state index is 0.0709. The predicted octanol–water partition coefficient (Wildman–Crippen LogP) is 2.38. The Bertz CT molecular complexity index is 444. The molecule has 1 fully saturated rings. The lowest BCUT2D eigenvalue weighted by atomic mass is 9.85. The van der Waals surface area contributed by atoms with Crippen molar-refractivity contribution in [1.29, 1.82) is 0 Å². The molecule has 110 valence electrons. The van der Waals surface area contributed by atoms with Crippen LogP contribution in [0.3, 0.4) is 0 Å². The molecule has 2 heterocycles. The van der Waals surface area contributed by atoms with Gasteiger partial charge in [-0.15, -0.1) is 0 Å². The highest BCUT2D eigenvalue weighted by atomic mass is 16.2. The molecule has 0 radical (unpaired) electrons. The van der Waals surface area contributed by atoms with Crippen molar-refractivity contribution in [2.75, 3.05) is 19.6 Å². The molecule has 4 nitrogen and oxygen atoms in total. The molecule has 1 N–H and O–H groups in total. The Morgan fingerprint density at radius 3 is 3.00 bits per heavy atom. The summed E-state index contributed by atoms with van der Waals surface area (Å²) in [6.45, 7) is 8.92. The number of carbonyl (C=O) groups excluding carboxylic acids is 1. The van der Waals surface area contributed by atoms with E-state index in [4.69, 9.17) is 0 Å². The van der Waals surface area contributed by atoms with Gasteiger partial charge in [0.1, 0.15) is 0 Å². The van der Waals surface area contributed by atoms with Crippen LogP contribution in [0, 0.1) is 5.41 Å². The summed E-state index contributed by atoms with van der Waals surface area (Å²) < 4.78 is 0. The number of pyridine rings is 1. The average molecular weight is 275 g/mol. The predicted molar refractivity (Wildman–Crippen MR) is 80.2 cm³/mol. The van der Waals surface area contributed by atoms with E-state index in [1.54, 1.807) is 6.20 Å². The number of nitrogens with one attached hydrogen (secondary N) is 1. The number of aromatic nitrogens is 1. The molecule has 1 amide bonds. The minimum Gasteiger partial charge on any atom is -0.333 e. The van der Waals surface area contributed by atoms with Crippen molar-refractivity contribution in [1.82, 2.24) is 15.2 Å². The van der Waals surface area contributed by atoms with Crippen LogP contribution in [0.1, 0.15) is 45.2 Å². The molecular formula is C16H25N3O. The number of piperazine rings is 1. The first-order valence-electron chi connectivity index (χ1n) is 7.43.